The van der Waals surface area contributed by atoms with Crippen molar-refractivity contribution in [2.75, 3.05) is 19.7 Å². The molecule has 0 aromatic heterocycles. The Balaban J connectivity index is 2.29. The maximum atomic E-state index is 12.4. The first kappa shape index (κ1) is 23.4. The third kappa shape index (κ3) is 5.84. The Hall–Kier alpha value is -2.84. The van der Waals surface area contributed by atoms with E-state index in [9.17, 15) is 19.7 Å². The molecule has 0 unspecified atom stereocenters. The topological polar surface area (TPSA) is 108 Å². The van der Waals surface area contributed by atoms with Crippen molar-refractivity contribution < 1.29 is 28.7 Å². The third-order valence-corrected chi connectivity index (χ3v) is 4.56. The van der Waals surface area contributed by atoms with Crippen LogP contribution in [-0.2, 0) is 27.1 Å². The molecule has 1 aliphatic heterocycles. The molecule has 9 nitrogen and oxygen atoms in total. The van der Waals surface area contributed by atoms with Gasteiger partial charge in [0.15, 0.2) is 5.75 Å². The summed E-state index contributed by atoms with van der Waals surface area (Å²) in [6.45, 7) is 11.1. The van der Waals surface area contributed by atoms with Gasteiger partial charge in [0.25, 0.3) is 0 Å². The quantitative estimate of drug-likeness (QED) is 0.405. The number of benzene rings is 1. The van der Waals surface area contributed by atoms with Crippen LogP contribution in [0.1, 0.15) is 52.7 Å². The SMILES string of the molecule is CCOC(=O)C(C)(C)Oc1cc2c(cc1[N+](=O)[O-])CCN(C(=O)OC(C)(C)C)CC2. The van der Waals surface area contributed by atoms with Crippen LogP contribution >= 0.6 is 0 Å². The monoisotopic (exact) mass is 422 g/mol. The minimum absolute atomic E-state index is 0.00233. The summed E-state index contributed by atoms with van der Waals surface area (Å²) in [7, 11) is 0. The fraction of sp³-hybridized carbons (Fsp3) is 0.619. The van der Waals surface area contributed by atoms with Crippen molar-refractivity contribution >= 4 is 17.7 Å². The summed E-state index contributed by atoms with van der Waals surface area (Å²) < 4.78 is 16.2. The summed E-state index contributed by atoms with van der Waals surface area (Å²) >= 11 is 0. The van der Waals surface area contributed by atoms with Gasteiger partial charge in [-0.1, -0.05) is 0 Å². The number of nitro groups is 1. The van der Waals surface area contributed by atoms with Crippen molar-refractivity contribution in [2.24, 2.45) is 0 Å². The second-order valence-corrected chi connectivity index (χ2v) is 8.65. The minimum atomic E-state index is -1.39. The van der Waals surface area contributed by atoms with Crippen LogP contribution in [0.2, 0.25) is 0 Å². The molecule has 9 heteroatoms. The predicted octanol–water partition coefficient (Wildman–Crippen LogP) is 3.65. The standard InChI is InChI=1S/C21H30N2O7/c1-7-28-18(24)21(5,6)29-17-13-15-9-11-22(19(25)30-20(2,3)4)10-8-14(15)12-16(17)23(26)27/h12-13H,7-11H2,1-6H3. The van der Waals surface area contributed by atoms with E-state index < -0.39 is 28.2 Å². The zero-order valence-corrected chi connectivity index (χ0v) is 18.4. The first-order chi connectivity index (χ1) is 13.8. The molecule has 0 radical (unpaired) electrons. The molecule has 0 saturated heterocycles. The van der Waals surface area contributed by atoms with Gasteiger partial charge in [-0.05, 0) is 71.6 Å². The minimum Gasteiger partial charge on any atom is -0.469 e. The van der Waals surface area contributed by atoms with Gasteiger partial charge in [-0.2, -0.15) is 0 Å². The van der Waals surface area contributed by atoms with E-state index in [2.05, 4.69) is 0 Å². The van der Waals surface area contributed by atoms with Crippen LogP contribution in [-0.4, -0.2) is 52.8 Å². The molecule has 1 aromatic carbocycles. The van der Waals surface area contributed by atoms with E-state index in [1.165, 1.54) is 19.9 Å². The van der Waals surface area contributed by atoms with Crippen LogP contribution in [0.3, 0.4) is 0 Å². The third-order valence-electron chi connectivity index (χ3n) is 4.56. The highest BCUT2D eigenvalue weighted by Crippen LogP contribution is 2.35. The van der Waals surface area contributed by atoms with E-state index >= 15 is 0 Å². The maximum Gasteiger partial charge on any atom is 0.410 e. The zero-order chi connectivity index (χ0) is 22.7. The molecule has 0 fully saturated rings. The number of amides is 1. The Bertz CT molecular complexity index is 827. The van der Waals surface area contributed by atoms with Crippen LogP contribution in [0.4, 0.5) is 10.5 Å². The molecule has 0 bridgehead atoms. The lowest BCUT2D eigenvalue weighted by Crippen LogP contribution is -2.40. The number of esters is 1. The Morgan fingerprint density at radius 3 is 2.17 bits per heavy atom. The van der Waals surface area contributed by atoms with Crippen molar-refractivity contribution in [3.05, 3.63) is 33.4 Å². The van der Waals surface area contributed by atoms with E-state index in [-0.39, 0.29) is 18.0 Å². The number of fused-ring (bicyclic) bond motifs is 1. The fourth-order valence-corrected chi connectivity index (χ4v) is 3.10. The van der Waals surface area contributed by atoms with Crippen LogP contribution in [0.25, 0.3) is 0 Å². The molecule has 1 aliphatic rings. The molecule has 0 saturated carbocycles. The lowest BCUT2D eigenvalue weighted by molar-refractivity contribution is -0.386. The fourth-order valence-electron chi connectivity index (χ4n) is 3.10. The van der Waals surface area contributed by atoms with E-state index in [0.29, 0.717) is 25.9 Å². The van der Waals surface area contributed by atoms with Crippen molar-refractivity contribution in [1.82, 2.24) is 4.90 Å². The van der Waals surface area contributed by atoms with Gasteiger partial charge < -0.3 is 19.1 Å². The highest BCUT2D eigenvalue weighted by atomic mass is 16.6. The zero-order valence-electron chi connectivity index (χ0n) is 18.4. The van der Waals surface area contributed by atoms with Gasteiger partial charge in [0.1, 0.15) is 5.60 Å². The van der Waals surface area contributed by atoms with Crippen molar-refractivity contribution in [1.29, 1.82) is 0 Å². The molecule has 0 spiro atoms. The molecule has 2 rings (SSSR count). The summed E-state index contributed by atoms with van der Waals surface area (Å²) in [5.74, 6) is -0.604. The van der Waals surface area contributed by atoms with Gasteiger partial charge in [-0.3, -0.25) is 10.1 Å². The van der Waals surface area contributed by atoms with Crippen molar-refractivity contribution in [2.45, 2.75) is 65.6 Å². The number of ether oxygens (including phenoxy) is 3. The lowest BCUT2D eigenvalue weighted by Gasteiger charge is -2.26. The number of carbonyl (C=O) groups excluding carboxylic acids is 2. The summed E-state index contributed by atoms with van der Waals surface area (Å²) in [6.07, 6.45) is 0.532. The van der Waals surface area contributed by atoms with E-state index in [4.69, 9.17) is 14.2 Å². The summed E-state index contributed by atoms with van der Waals surface area (Å²) in [4.78, 5) is 37.2. The average molecular weight is 422 g/mol. The second kappa shape index (κ2) is 8.89. The molecule has 0 aliphatic carbocycles. The number of carbonyl (C=O) groups is 2. The first-order valence-electron chi connectivity index (χ1n) is 9.98. The van der Waals surface area contributed by atoms with E-state index in [0.717, 1.165) is 11.1 Å². The highest BCUT2D eigenvalue weighted by molar-refractivity contribution is 5.79. The molecule has 1 aromatic rings. The first-order valence-corrected chi connectivity index (χ1v) is 9.98. The Morgan fingerprint density at radius 2 is 1.67 bits per heavy atom. The molecule has 30 heavy (non-hydrogen) atoms. The number of nitro benzene ring substituents is 1. The number of hydrogen-bond donors (Lipinski definition) is 0. The summed E-state index contributed by atoms with van der Waals surface area (Å²) in [6, 6.07) is 3.05. The van der Waals surface area contributed by atoms with Gasteiger partial charge in [0, 0.05) is 19.2 Å². The van der Waals surface area contributed by atoms with Gasteiger partial charge in [0.2, 0.25) is 5.60 Å². The number of hydrogen-bond acceptors (Lipinski definition) is 7. The second-order valence-electron chi connectivity index (χ2n) is 8.65. The van der Waals surface area contributed by atoms with Gasteiger partial charge >= 0.3 is 17.7 Å². The molecule has 0 N–H and O–H groups in total. The normalized spacial score (nSPS) is 14.4. The van der Waals surface area contributed by atoms with Crippen molar-refractivity contribution in [3.8, 4) is 5.75 Å². The van der Waals surface area contributed by atoms with Crippen LogP contribution < -0.4 is 4.74 Å². The lowest BCUT2D eigenvalue weighted by atomic mass is 10.0. The summed E-state index contributed by atoms with van der Waals surface area (Å²) in [5.41, 5.74) is -0.607. The van der Waals surface area contributed by atoms with Gasteiger partial charge in [-0.15, -0.1) is 0 Å². The van der Waals surface area contributed by atoms with Crippen LogP contribution in [0.5, 0.6) is 5.75 Å². The molecule has 0 atom stereocenters. The Morgan fingerprint density at radius 1 is 1.10 bits per heavy atom. The van der Waals surface area contributed by atoms with Crippen LogP contribution in [0.15, 0.2) is 12.1 Å². The molecular formula is C21H30N2O7. The molecule has 1 amide bonds. The largest absolute Gasteiger partial charge is 0.469 e. The van der Waals surface area contributed by atoms with E-state index in [1.807, 2.05) is 0 Å². The number of nitrogens with zero attached hydrogens (tertiary/aromatic N) is 2. The molecule has 1 heterocycles. The summed E-state index contributed by atoms with van der Waals surface area (Å²) in [5, 5.41) is 11.6. The van der Waals surface area contributed by atoms with E-state index in [1.54, 1.807) is 38.7 Å². The van der Waals surface area contributed by atoms with Crippen molar-refractivity contribution in [3.63, 3.8) is 0 Å². The number of rotatable bonds is 5. The van der Waals surface area contributed by atoms with Gasteiger partial charge in [0.05, 0.1) is 11.5 Å². The Labute approximate surface area is 176 Å². The smallest absolute Gasteiger partial charge is 0.410 e. The highest BCUT2D eigenvalue weighted by Gasteiger charge is 2.35. The molecule has 166 valence electrons. The van der Waals surface area contributed by atoms with Gasteiger partial charge in [-0.25, -0.2) is 9.59 Å². The average Bonchev–Trinajstić information content (AvgIpc) is 2.81. The predicted molar refractivity (Wildman–Crippen MR) is 110 cm³/mol. The maximum absolute atomic E-state index is 12.4. The molecular weight excluding hydrogens is 392 g/mol. The van der Waals surface area contributed by atoms with Crippen LogP contribution in [0, 0.1) is 10.1 Å². The Kier molecular flexibility index (Phi) is 6.95.